The molecule has 1 amide bonds. The third-order valence-electron chi connectivity index (χ3n) is 3.05. The van der Waals surface area contributed by atoms with Crippen LogP contribution in [-0.4, -0.2) is 31.6 Å². The molecule has 3 aromatic rings. The van der Waals surface area contributed by atoms with Crippen LogP contribution in [-0.2, 0) is 4.79 Å². The number of aromatic nitrogens is 4. The summed E-state index contributed by atoms with van der Waals surface area (Å²) in [5.74, 6) is 1.30. The van der Waals surface area contributed by atoms with Gasteiger partial charge in [-0.25, -0.2) is 15.0 Å². The van der Waals surface area contributed by atoms with Gasteiger partial charge in [-0.1, -0.05) is 17.8 Å². The van der Waals surface area contributed by atoms with Crippen LogP contribution in [0.25, 0.3) is 11.4 Å². The number of amides is 1. The normalized spacial score (nSPS) is 10.4. The Balaban J connectivity index is 1.67. The van der Waals surface area contributed by atoms with Crippen molar-refractivity contribution < 1.29 is 4.79 Å². The van der Waals surface area contributed by atoms with E-state index in [1.54, 1.807) is 30.7 Å². The van der Waals surface area contributed by atoms with E-state index in [9.17, 15) is 4.79 Å². The largest absolute Gasteiger partial charge is 0.310 e. The molecule has 3 aromatic heterocycles. The molecule has 3 heterocycles. The fraction of sp³-hybridized carbons (Fsp3) is 0.118. The number of nitrogens with zero attached hydrogens (tertiary/aromatic N) is 4. The predicted molar refractivity (Wildman–Crippen MR) is 93.6 cm³/mol. The molecule has 0 fully saturated rings. The summed E-state index contributed by atoms with van der Waals surface area (Å²) in [7, 11) is 0. The first-order valence-electron chi connectivity index (χ1n) is 7.30. The number of anilines is 1. The van der Waals surface area contributed by atoms with Gasteiger partial charge >= 0.3 is 0 Å². The van der Waals surface area contributed by atoms with Crippen molar-refractivity contribution in [3.63, 3.8) is 0 Å². The van der Waals surface area contributed by atoms with Gasteiger partial charge in [0, 0.05) is 29.8 Å². The molecule has 0 aromatic carbocycles. The van der Waals surface area contributed by atoms with E-state index in [2.05, 4.69) is 25.3 Å². The lowest BCUT2D eigenvalue weighted by atomic mass is 10.2. The molecule has 0 spiro atoms. The fourth-order valence-electron chi connectivity index (χ4n) is 2.00. The minimum Gasteiger partial charge on any atom is -0.310 e. The maximum atomic E-state index is 12.0. The number of hydrogen-bond acceptors (Lipinski definition) is 6. The molecule has 7 heteroatoms. The molecule has 0 aliphatic heterocycles. The Morgan fingerprint density at radius 1 is 1.12 bits per heavy atom. The molecular formula is C17H15N5OS. The average Bonchev–Trinajstić information content (AvgIpc) is 2.61. The number of carbonyl (C=O) groups excluding carboxylic acids is 1. The van der Waals surface area contributed by atoms with Gasteiger partial charge in [0.25, 0.3) is 0 Å². The van der Waals surface area contributed by atoms with E-state index in [0.717, 1.165) is 16.3 Å². The first kappa shape index (κ1) is 16.1. The van der Waals surface area contributed by atoms with Gasteiger partial charge in [-0.3, -0.25) is 9.78 Å². The molecule has 0 saturated heterocycles. The average molecular weight is 337 g/mol. The van der Waals surface area contributed by atoms with Crippen LogP contribution in [0.3, 0.4) is 0 Å². The molecule has 3 rings (SSSR count). The van der Waals surface area contributed by atoms with E-state index in [1.165, 1.54) is 11.8 Å². The van der Waals surface area contributed by atoms with Crippen molar-refractivity contribution in [2.24, 2.45) is 0 Å². The summed E-state index contributed by atoms with van der Waals surface area (Å²) in [5, 5.41) is 3.51. The SMILES string of the molecule is Cc1cc(SCC(=O)Nc2ccccn2)nc(-c2ccncc2)n1. The predicted octanol–water partition coefficient (Wildman–Crippen LogP) is 2.97. The molecule has 0 unspecified atom stereocenters. The lowest BCUT2D eigenvalue weighted by Gasteiger charge is -2.06. The first-order valence-corrected chi connectivity index (χ1v) is 8.29. The standard InChI is InChI=1S/C17H15N5OS/c1-12-10-16(22-17(20-12)13-5-8-18-9-6-13)24-11-15(23)21-14-4-2-3-7-19-14/h2-10H,11H2,1H3,(H,19,21,23). The van der Waals surface area contributed by atoms with Crippen LogP contribution in [0.2, 0.25) is 0 Å². The molecule has 0 aliphatic carbocycles. The zero-order valence-electron chi connectivity index (χ0n) is 13.0. The monoisotopic (exact) mass is 337 g/mol. The van der Waals surface area contributed by atoms with Crippen LogP contribution in [0, 0.1) is 6.92 Å². The van der Waals surface area contributed by atoms with E-state index >= 15 is 0 Å². The third kappa shape index (κ3) is 4.36. The summed E-state index contributed by atoms with van der Waals surface area (Å²) in [6, 6.07) is 11.0. The molecule has 0 bridgehead atoms. The number of aryl methyl sites for hydroxylation is 1. The molecule has 0 atom stereocenters. The van der Waals surface area contributed by atoms with E-state index < -0.39 is 0 Å². The second kappa shape index (κ2) is 7.65. The van der Waals surface area contributed by atoms with Crippen molar-refractivity contribution in [1.29, 1.82) is 0 Å². The molecule has 0 aliphatic rings. The fourth-order valence-corrected chi connectivity index (χ4v) is 2.75. The van der Waals surface area contributed by atoms with Crippen molar-refractivity contribution in [3.8, 4) is 11.4 Å². The number of nitrogens with one attached hydrogen (secondary N) is 1. The lowest BCUT2D eigenvalue weighted by Crippen LogP contribution is -2.15. The number of rotatable bonds is 5. The maximum Gasteiger partial charge on any atom is 0.235 e. The van der Waals surface area contributed by atoms with E-state index in [0.29, 0.717) is 11.6 Å². The van der Waals surface area contributed by atoms with Crippen molar-refractivity contribution in [2.45, 2.75) is 11.9 Å². The van der Waals surface area contributed by atoms with Crippen LogP contribution >= 0.6 is 11.8 Å². The summed E-state index contributed by atoms with van der Waals surface area (Å²) >= 11 is 1.36. The van der Waals surface area contributed by atoms with Crippen LogP contribution < -0.4 is 5.32 Å². The van der Waals surface area contributed by atoms with Gasteiger partial charge in [-0.05, 0) is 37.3 Å². The highest BCUT2D eigenvalue weighted by Crippen LogP contribution is 2.21. The van der Waals surface area contributed by atoms with Crippen molar-refractivity contribution >= 4 is 23.5 Å². The number of carbonyl (C=O) groups is 1. The van der Waals surface area contributed by atoms with E-state index in [1.807, 2.05) is 31.2 Å². The molecular weight excluding hydrogens is 322 g/mol. The summed E-state index contributed by atoms with van der Waals surface area (Å²) in [6.07, 6.45) is 5.04. The second-order valence-corrected chi connectivity index (χ2v) is 5.95. The van der Waals surface area contributed by atoms with Crippen LogP contribution in [0.15, 0.2) is 60.0 Å². The quantitative estimate of drug-likeness (QED) is 0.569. The Morgan fingerprint density at radius 2 is 1.96 bits per heavy atom. The highest BCUT2D eigenvalue weighted by atomic mass is 32.2. The van der Waals surface area contributed by atoms with Crippen LogP contribution in [0.4, 0.5) is 5.82 Å². The minimum absolute atomic E-state index is 0.125. The smallest absolute Gasteiger partial charge is 0.235 e. The van der Waals surface area contributed by atoms with Gasteiger partial charge in [0.05, 0.1) is 5.75 Å². The second-order valence-electron chi connectivity index (χ2n) is 4.96. The Bertz CT molecular complexity index is 827. The summed E-state index contributed by atoms with van der Waals surface area (Å²) in [4.78, 5) is 29.0. The van der Waals surface area contributed by atoms with Gasteiger partial charge in [-0.15, -0.1) is 0 Å². The van der Waals surface area contributed by atoms with Crippen molar-refractivity contribution in [3.05, 3.63) is 60.7 Å². The Kier molecular flexibility index (Phi) is 5.12. The lowest BCUT2D eigenvalue weighted by molar-refractivity contribution is -0.113. The zero-order chi connectivity index (χ0) is 16.8. The maximum absolute atomic E-state index is 12.0. The van der Waals surface area contributed by atoms with Crippen molar-refractivity contribution in [2.75, 3.05) is 11.1 Å². The zero-order valence-corrected chi connectivity index (χ0v) is 13.8. The highest BCUT2D eigenvalue weighted by molar-refractivity contribution is 7.99. The van der Waals surface area contributed by atoms with E-state index in [4.69, 9.17) is 0 Å². The number of pyridine rings is 2. The Labute approximate surface area is 143 Å². The summed E-state index contributed by atoms with van der Waals surface area (Å²) in [5.41, 5.74) is 1.75. The third-order valence-corrected chi connectivity index (χ3v) is 3.96. The topological polar surface area (TPSA) is 80.7 Å². The summed E-state index contributed by atoms with van der Waals surface area (Å²) < 4.78 is 0. The van der Waals surface area contributed by atoms with Gasteiger partial charge in [-0.2, -0.15) is 0 Å². The van der Waals surface area contributed by atoms with Gasteiger partial charge in [0.2, 0.25) is 5.91 Å². The first-order chi connectivity index (χ1) is 11.7. The number of thioether (sulfide) groups is 1. The molecule has 1 N–H and O–H groups in total. The van der Waals surface area contributed by atoms with Gasteiger partial charge in [0.1, 0.15) is 10.8 Å². The van der Waals surface area contributed by atoms with Gasteiger partial charge in [0.15, 0.2) is 5.82 Å². The van der Waals surface area contributed by atoms with Gasteiger partial charge < -0.3 is 5.32 Å². The Hall–Kier alpha value is -2.80. The summed E-state index contributed by atoms with van der Waals surface area (Å²) in [6.45, 7) is 1.91. The molecule has 0 saturated carbocycles. The number of hydrogen-bond donors (Lipinski definition) is 1. The minimum atomic E-state index is -0.125. The highest BCUT2D eigenvalue weighted by Gasteiger charge is 2.08. The molecule has 6 nitrogen and oxygen atoms in total. The van der Waals surface area contributed by atoms with E-state index in [-0.39, 0.29) is 11.7 Å². The molecule has 24 heavy (non-hydrogen) atoms. The van der Waals surface area contributed by atoms with Crippen molar-refractivity contribution in [1.82, 2.24) is 19.9 Å². The van der Waals surface area contributed by atoms with Crippen LogP contribution in [0.5, 0.6) is 0 Å². The van der Waals surface area contributed by atoms with Crippen LogP contribution in [0.1, 0.15) is 5.69 Å². The Morgan fingerprint density at radius 3 is 2.71 bits per heavy atom. The molecule has 120 valence electrons. The molecule has 0 radical (unpaired) electrons.